The zero-order chi connectivity index (χ0) is 22.5. The minimum absolute atomic E-state index is 0.0137. The number of halogens is 2. The smallest absolute Gasteiger partial charge is 0.390 e. The molecule has 0 radical (unpaired) electrons. The molecule has 0 amide bonds. The summed E-state index contributed by atoms with van der Waals surface area (Å²) in [6, 6.07) is 0. The molecule has 0 aromatic carbocycles. The second-order valence-corrected chi connectivity index (χ2v) is 7.65. The van der Waals surface area contributed by atoms with Crippen molar-refractivity contribution in [1.29, 1.82) is 0 Å². The van der Waals surface area contributed by atoms with Crippen molar-refractivity contribution in [1.82, 2.24) is 20.2 Å². The molecule has 162 valence electrons. The summed E-state index contributed by atoms with van der Waals surface area (Å²) in [5, 5.41) is 15.7. The molecule has 0 aliphatic carbocycles. The van der Waals surface area contributed by atoms with Crippen LogP contribution in [0.5, 0.6) is 0 Å². The number of aldehydes is 1. The number of hydrogen-bond donors (Lipinski definition) is 2. The fourth-order valence-electron chi connectivity index (χ4n) is 2.28. The molecule has 1 rings (SSSR count). The number of nitrogens with one attached hydrogen (secondary N) is 2. The van der Waals surface area contributed by atoms with Crippen LogP contribution < -0.4 is 10.6 Å². The zero-order valence-electron chi connectivity index (χ0n) is 16.7. The van der Waals surface area contributed by atoms with Gasteiger partial charge in [-0.25, -0.2) is 13.3 Å². The van der Waals surface area contributed by atoms with Crippen LogP contribution in [-0.2, 0) is 20.9 Å². The maximum absolute atomic E-state index is 14.1. The van der Waals surface area contributed by atoms with Crippen LogP contribution in [0.3, 0.4) is 0 Å². The third-order valence-corrected chi connectivity index (χ3v) is 4.43. The average molecular weight is 417 g/mol. The molecule has 29 heavy (non-hydrogen) atoms. The van der Waals surface area contributed by atoms with Gasteiger partial charge in [0.15, 0.2) is 12.1 Å². The molecule has 10 nitrogen and oxygen atoms in total. The predicted octanol–water partition coefficient (Wildman–Crippen LogP) is 0.890. The SMILES string of the molecule is CC(C)(NCC(F)(F)CNC(C)(C)C(=O)CCn1ccnc1[N+](=O)[O-])C(=O)C=O. The van der Waals surface area contributed by atoms with Gasteiger partial charge >= 0.3 is 5.95 Å². The highest BCUT2D eigenvalue weighted by Crippen LogP contribution is 2.17. The first-order chi connectivity index (χ1) is 13.2. The molecule has 0 saturated carbocycles. The van der Waals surface area contributed by atoms with E-state index in [1.807, 2.05) is 0 Å². The van der Waals surface area contributed by atoms with E-state index in [0.717, 1.165) is 0 Å². The van der Waals surface area contributed by atoms with Crippen molar-refractivity contribution in [2.45, 2.75) is 57.7 Å². The molecule has 0 unspecified atom stereocenters. The summed E-state index contributed by atoms with van der Waals surface area (Å²) >= 11 is 0. The third-order valence-electron chi connectivity index (χ3n) is 4.43. The summed E-state index contributed by atoms with van der Waals surface area (Å²) < 4.78 is 29.5. The summed E-state index contributed by atoms with van der Waals surface area (Å²) in [6.07, 6.45) is 2.53. The Kier molecular flexibility index (Phi) is 7.81. The zero-order valence-corrected chi connectivity index (χ0v) is 16.7. The fraction of sp³-hybridized carbons (Fsp3) is 0.647. The van der Waals surface area contributed by atoms with Crippen molar-refractivity contribution in [3.8, 4) is 0 Å². The fourth-order valence-corrected chi connectivity index (χ4v) is 2.28. The molecular weight excluding hydrogens is 392 g/mol. The van der Waals surface area contributed by atoms with Crippen LogP contribution in [0.15, 0.2) is 12.4 Å². The van der Waals surface area contributed by atoms with Gasteiger partial charge in [-0.2, -0.15) is 0 Å². The number of carbonyl (C=O) groups is 3. The Morgan fingerprint density at radius 2 is 1.76 bits per heavy atom. The highest BCUT2D eigenvalue weighted by molar-refractivity contribution is 6.29. The van der Waals surface area contributed by atoms with Crippen molar-refractivity contribution in [2.75, 3.05) is 13.1 Å². The summed E-state index contributed by atoms with van der Waals surface area (Å²) in [7, 11) is 0. The maximum Gasteiger partial charge on any atom is 0.434 e. The molecule has 0 bridgehead atoms. The van der Waals surface area contributed by atoms with Crippen LogP contribution in [0, 0.1) is 10.1 Å². The number of aryl methyl sites for hydroxylation is 1. The van der Waals surface area contributed by atoms with E-state index in [2.05, 4.69) is 15.6 Å². The quantitative estimate of drug-likeness (QED) is 0.209. The lowest BCUT2D eigenvalue weighted by atomic mass is 9.96. The van der Waals surface area contributed by atoms with E-state index >= 15 is 0 Å². The van der Waals surface area contributed by atoms with Gasteiger partial charge in [0.2, 0.25) is 5.78 Å². The average Bonchev–Trinajstić information content (AvgIpc) is 3.11. The summed E-state index contributed by atoms with van der Waals surface area (Å²) in [4.78, 5) is 48.1. The second kappa shape index (κ2) is 9.27. The number of nitro groups is 1. The monoisotopic (exact) mass is 417 g/mol. The third kappa shape index (κ3) is 7.06. The van der Waals surface area contributed by atoms with Crippen LogP contribution in [-0.4, -0.2) is 62.4 Å². The molecule has 1 heterocycles. The van der Waals surface area contributed by atoms with Gasteiger partial charge in [0.05, 0.1) is 30.7 Å². The first kappa shape index (κ1) is 24.4. The molecule has 0 atom stereocenters. The molecule has 1 aromatic rings. The number of rotatable bonds is 13. The molecule has 2 N–H and O–H groups in total. The lowest BCUT2D eigenvalue weighted by Gasteiger charge is -2.30. The van der Waals surface area contributed by atoms with E-state index in [-0.39, 0.29) is 19.3 Å². The molecule has 0 spiro atoms. The Bertz CT molecular complexity index is 776. The number of nitrogens with zero attached hydrogens (tertiary/aromatic N) is 3. The Labute approximate surface area is 166 Å². The summed E-state index contributed by atoms with van der Waals surface area (Å²) in [5.74, 6) is -4.99. The van der Waals surface area contributed by atoms with Crippen molar-refractivity contribution in [2.24, 2.45) is 0 Å². The van der Waals surface area contributed by atoms with Gasteiger partial charge < -0.3 is 10.1 Å². The lowest BCUT2D eigenvalue weighted by molar-refractivity contribution is -0.396. The minimum atomic E-state index is -3.30. The Morgan fingerprint density at radius 1 is 1.21 bits per heavy atom. The molecule has 0 fully saturated rings. The van der Waals surface area contributed by atoms with E-state index in [0.29, 0.717) is 0 Å². The lowest BCUT2D eigenvalue weighted by Crippen LogP contribution is -2.56. The van der Waals surface area contributed by atoms with Gasteiger partial charge in [-0.3, -0.25) is 25.0 Å². The summed E-state index contributed by atoms with van der Waals surface area (Å²) in [6.45, 7) is 3.75. The minimum Gasteiger partial charge on any atom is -0.390 e. The largest absolute Gasteiger partial charge is 0.434 e. The van der Waals surface area contributed by atoms with Crippen LogP contribution >= 0.6 is 0 Å². The number of aromatic nitrogens is 2. The van der Waals surface area contributed by atoms with E-state index in [1.54, 1.807) is 0 Å². The Hall–Kier alpha value is -2.60. The van der Waals surface area contributed by atoms with E-state index in [4.69, 9.17) is 0 Å². The second-order valence-electron chi connectivity index (χ2n) is 7.65. The Balaban J connectivity index is 2.60. The van der Waals surface area contributed by atoms with Gasteiger partial charge in [-0.05, 0) is 32.6 Å². The first-order valence-electron chi connectivity index (χ1n) is 8.78. The van der Waals surface area contributed by atoms with Crippen molar-refractivity contribution < 1.29 is 28.1 Å². The van der Waals surface area contributed by atoms with Crippen LogP contribution in [0.25, 0.3) is 0 Å². The highest BCUT2D eigenvalue weighted by atomic mass is 19.3. The summed E-state index contributed by atoms with van der Waals surface area (Å²) in [5.41, 5.74) is -2.75. The molecule has 0 aliphatic rings. The first-order valence-corrected chi connectivity index (χ1v) is 8.78. The van der Waals surface area contributed by atoms with E-state index in [1.165, 1.54) is 44.7 Å². The number of alkyl halides is 2. The predicted molar refractivity (Wildman–Crippen MR) is 98.7 cm³/mol. The van der Waals surface area contributed by atoms with Gasteiger partial charge in [0, 0.05) is 6.42 Å². The van der Waals surface area contributed by atoms with E-state index < -0.39 is 52.5 Å². The topological polar surface area (TPSA) is 136 Å². The van der Waals surface area contributed by atoms with E-state index in [9.17, 15) is 33.3 Å². The molecule has 0 saturated heterocycles. The van der Waals surface area contributed by atoms with Crippen LogP contribution in [0.2, 0.25) is 0 Å². The number of carbonyl (C=O) groups excluding carboxylic acids is 3. The number of hydrogen-bond acceptors (Lipinski definition) is 8. The number of imidazole rings is 1. The Morgan fingerprint density at radius 3 is 2.28 bits per heavy atom. The maximum atomic E-state index is 14.1. The molecule has 1 aromatic heterocycles. The van der Waals surface area contributed by atoms with Gasteiger partial charge in [-0.15, -0.1) is 0 Å². The number of Topliss-reactive ketones (excluding diaryl/α,β-unsaturated/α-hetero) is 2. The van der Waals surface area contributed by atoms with Gasteiger partial charge in [0.1, 0.15) is 12.4 Å². The van der Waals surface area contributed by atoms with Crippen molar-refractivity contribution in [3.05, 3.63) is 22.5 Å². The molecule has 0 aliphatic heterocycles. The molecular formula is C17H25F2N5O5. The van der Waals surface area contributed by atoms with Crippen LogP contribution in [0.4, 0.5) is 14.7 Å². The standard InChI is InChI=1S/C17H25F2N5O5/c1-15(2,12(26)5-7-23-8-6-20-14(23)24(28)29)21-10-17(18,19)11-22-16(3,4)13(27)9-25/h6,8-9,21-22H,5,7,10-11H2,1-4H3. The van der Waals surface area contributed by atoms with Crippen LogP contribution in [0.1, 0.15) is 34.1 Å². The number of ketones is 2. The van der Waals surface area contributed by atoms with Crippen molar-refractivity contribution >= 4 is 23.8 Å². The molecule has 12 heteroatoms. The normalized spacial score (nSPS) is 12.6. The van der Waals surface area contributed by atoms with Gasteiger partial charge in [0.25, 0.3) is 5.92 Å². The highest BCUT2D eigenvalue weighted by Gasteiger charge is 2.37. The van der Waals surface area contributed by atoms with Crippen molar-refractivity contribution in [3.63, 3.8) is 0 Å². The van der Waals surface area contributed by atoms with Gasteiger partial charge in [-0.1, -0.05) is 4.98 Å².